The number of sulfonamides is 1. The summed E-state index contributed by atoms with van der Waals surface area (Å²) in [6, 6.07) is 0. The topological polar surface area (TPSA) is 66.7 Å². The first-order valence-corrected chi connectivity index (χ1v) is 8.17. The Morgan fingerprint density at radius 1 is 1.25 bits per heavy atom. The summed E-state index contributed by atoms with van der Waals surface area (Å²) in [6.07, 6.45) is 4.09. The molecule has 0 bridgehead atoms. The molecular formula is C13H21N3O3S. The van der Waals surface area contributed by atoms with Gasteiger partial charge in [-0.25, -0.2) is 8.42 Å². The van der Waals surface area contributed by atoms with Gasteiger partial charge >= 0.3 is 0 Å². The lowest BCUT2D eigenvalue weighted by molar-refractivity contribution is 0.204. The third-order valence-electron chi connectivity index (χ3n) is 3.50. The van der Waals surface area contributed by atoms with Crippen molar-refractivity contribution in [1.82, 2.24) is 14.4 Å². The Bertz CT molecular complexity index is 565. The number of allylic oxidation sites excluding steroid dienone is 1. The molecule has 0 spiro atoms. The Kier molecular flexibility index (Phi) is 4.62. The molecule has 7 heteroatoms. The van der Waals surface area contributed by atoms with Crippen LogP contribution in [0.25, 0.3) is 0 Å². The van der Waals surface area contributed by atoms with Crippen molar-refractivity contribution in [2.24, 2.45) is 0 Å². The summed E-state index contributed by atoms with van der Waals surface area (Å²) < 4.78 is 31.7. The molecule has 112 valence electrons. The number of hydrogen-bond donors (Lipinski definition) is 0. The Labute approximate surface area is 120 Å². The smallest absolute Gasteiger partial charge is 0.248 e. The maximum atomic E-state index is 12.6. The molecule has 1 aliphatic heterocycles. The quantitative estimate of drug-likeness (QED) is 0.781. The largest absolute Gasteiger partial charge is 0.360 e. The molecule has 0 amide bonds. The van der Waals surface area contributed by atoms with Crippen molar-refractivity contribution in [3.05, 3.63) is 23.6 Å². The molecule has 2 heterocycles. The van der Waals surface area contributed by atoms with Crippen LogP contribution in [0.1, 0.15) is 18.4 Å². The molecule has 2 rings (SSSR count). The van der Waals surface area contributed by atoms with Crippen molar-refractivity contribution in [1.29, 1.82) is 0 Å². The minimum absolute atomic E-state index is 0.222. The van der Waals surface area contributed by atoms with Gasteiger partial charge < -0.3 is 4.52 Å². The lowest BCUT2D eigenvalue weighted by Crippen LogP contribution is -2.48. The van der Waals surface area contributed by atoms with E-state index >= 15 is 0 Å². The van der Waals surface area contributed by atoms with Gasteiger partial charge in [0.05, 0.1) is 0 Å². The second kappa shape index (κ2) is 6.07. The van der Waals surface area contributed by atoms with Gasteiger partial charge in [-0.3, -0.25) is 4.90 Å². The zero-order valence-corrected chi connectivity index (χ0v) is 13.0. The van der Waals surface area contributed by atoms with E-state index in [-0.39, 0.29) is 4.90 Å². The van der Waals surface area contributed by atoms with Crippen molar-refractivity contribution in [3.63, 3.8) is 0 Å². The van der Waals surface area contributed by atoms with Crippen molar-refractivity contribution < 1.29 is 12.9 Å². The minimum atomic E-state index is -3.49. The predicted molar refractivity (Wildman–Crippen MR) is 76.0 cm³/mol. The Balaban J connectivity index is 2.10. The third kappa shape index (κ3) is 2.94. The fourth-order valence-electron chi connectivity index (χ4n) is 2.38. The standard InChI is InChI=1S/C13H21N3O3S/c1-4-5-6-15-7-9-16(10-8-15)20(17,18)13-11(2)14-19-12(13)3/h4-5H,6-10H2,1-3H3/b5-4+. The van der Waals surface area contributed by atoms with Gasteiger partial charge in [0.1, 0.15) is 10.6 Å². The van der Waals surface area contributed by atoms with Crippen LogP contribution in [0.2, 0.25) is 0 Å². The molecule has 0 unspecified atom stereocenters. The van der Waals surface area contributed by atoms with Crippen LogP contribution in [0.4, 0.5) is 0 Å². The van der Waals surface area contributed by atoms with E-state index in [2.05, 4.69) is 16.1 Å². The highest BCUT2D eigenvalue weighted by Crippen LogP contribution is 2.24. The van der Waals surface area contributed by atoms with E-state index in [1.165, 1.54) is 4.31 Å². The summed E-state index contributed by atoms with van der Waals surface area (Å²) in [4.78, 5) is 2.46. The molecule has 0 radical (unpaired) electrons. The molecule has 1 saturated heterocycles. The molecule has 1 fully saturated rings. The monoisotopic (exact) mass is 299 g/mol. The highest BCUT2D eigenvalue weighted by Gasteiger charge is 2.32. The molecule has 0 aromatic carbocycles. The fraction of sp³-hybridized carbons (Fsp3) is 0.615. The molecule has 0 atom stereocenters. The van der Waals surface area contributed by atoms with E-state index in [4.69, 9.17) is 4.52 Å². The van der Waals surface area contributed by atoms with E-state index < -0.39 is 10.0 Å². The summed E-state index contributed by atoms with van der Waals surface area (Å²) in [7, 11) is -3.49. The minimum Gasteiger partial charge on any atom is -0.360 e. The first-order chi connectivity index (χ1) is 9.46. The molecule has 20 heavy (non-hydrogen) atoms. The number of aryl methyl sites for hydroxylation is 2. The third-order valence-corrected chi connectivity index (χ3v) is 5.64. The van der Waals surface area contributed by atoms with Crippen molar-refractivity contribution in [3.8, 4) is 0 Å². The van der Waals surface area contributed by atoms with Crippen molar-refractivity contribution in [2.75, 3.05) is 32.7 Å². The van der Waals surface area contributed by atoms with Gasteiger partial charge in [0.2, 0.25) is 10.0 Å². The molecule has 0 aliphatic carbocycles. The van der Waals surface area contributed by atoms with Crippen LogP contribution < -0.4 is 0 Å². The fourth-order valence-corrected chi connectivity index (χ4v) is 4.09. The molecule has 1 aliphatic rings. The molecule has 0 saturated carbocycles. The van der Waals surface area contributed by atoms with Gasteiger partial charge in [0.15, 0.2) is 5.76 Å². The summed E-state index contributed by atoms with van der Waals surface area (Å²) in [5.41, 5.74) is 0.429. The number of nitrogens with zero attached hydrogens (tertiary/aromatic N) is 3. The maximum Gasteiger partial charge on any atom is 0.248 e. The van der Waals surface area contributed by atoms with E-state index in [0.29, 0.717) is 24.5 Å². The SMILES string of the molecule is C/C=C/CN1CCN(S(=O)(=O)c2c(C)noc2C)CC1. The second-order valence-corrected chi connectivity index (χ2v) is 6.80. The average molecular weight is 299 g/mol. The second-order valence-electron chi connectivity index (χ2n) is 4.93. The predicted octanol–water partition coefficient (Wildman–Crippen LogP) is 1.17. The van der Waals surface area contributed by atoms with Gasteiger partial charge in [-0.2, -0.15) is 4.31 Å². The van der Waals surface area contributed by atoms with Crippen LogP contribution in [0.15, 0.2) is 21.6 Å². The summed E-state index contributed by atoms with van der Waals surface area (Å²) in [5, 5.41) is 3.73. The van der Waals surface area contributed by atoms with Crippen LogP contribution >= 0.6 is 0 Å². The van der Waals surface area contributed by atoms with Crippen LogP contribution in [-0.2, 0) is 10.0 Å². The first kappa shape index (κ1) is 15.2. The normalized spacial score (nSPS) is 18.9. The van der Waals surface area contributed by atoms with Crippen LogP contribution in [0.3, 0.4) is 0 Å². The Morgan fingerprint density at radius 2 is 1.90 bits per heavy atom. The number of rotatable bonds is 4. The van der Waals surface area contributed by atoms with Crippen molar-refractivity contribution in [2.45, 2.75) is 25.7 Å². The molecule has 1 aromatic rings. The zero-order valence-electron chi connectivity index (χ0n) is 12.2. The van der Waals surface area contributed by atoms with Gasteiger partial charge in [0, 0.05) is 32.7 Å². The summed E-state index contributed by atoms with van der Waals surface area (Å²) in [5.74, 6) is 0.360. The summed E-state index contributed by atoms with van der Waals surface area (Å²) >= 11 is 0. The Morgan fingerprint density at radius 3 is 2.40 bits per heavy atom. The lowest BCUT2D eigenvalue weighted by Gasteiger charge is -2.33. The first-order valence-electron chi connectivity index (χ1n) is 6.73. The van der Waals surface area contributed by atoms with Gasteiger partial charge in [-0.15, -0.1) is 0 Å². The molecule has 1 aromatic heterocycles. The number of piperazine rings is 1. The van der Waals surface area contributed by atoms with E-state index in [9.17, 15) is 8.42 Å². The Hall–Kier alpha value is -1.18. The number of aromatic nitrogens is 1. The van der Waals surface area contributed by atoms with Crippen molar-refractivity contribution >= 4 is 10.0 Å². The highest BCUT2D eigenvalue weighted by molar-refractivity contribution is 7.89. The average Bonchev–Trinajstić information content (AvgIpc) is 2.77. The molecule has 0 N–H and O–H groups in total. The van der Waals surface area contributed by atoms with E-state index in [1.54, 1.807) is 13.8 Å². The summed E-state index contributed by atoms with van der Waals surface area (Å²) in [6.45, 7) is 8.64. The zero-order chi connectivity index (χ0) is 14.8. The maximum absolute atomic E-state index is 12.6. The molecular weight excluding hydrogens is 278 g/mol. The van der Waals surface area contributed by atoms with Crippen LogP contribution in [-0.4, -0.2) is 55.5 Å². The van der Waals surface area contributed by atoms with Crippen LogP contribution in [0, 0.1) is 13.8 Å². The highest BCUT2D eigenvalue weighted by atomic mass is 32.2. The van der Waals surface area contributed by atoms with Crippen LogP contribution in [0.5, 0.6) is 0 Å². The lowest BCUT2D eigenvalue weighted by atomic mass is 10.3. The number of hydrogen-bond acceptors (Lipinski definition) is 5. The molecule has 6 nitrogen and oxygen atoms in total. The van der Waals surface area contributed by atoms with Gasteiger partial charge in [-0.1, -0.05) is 17.3 Å². The van der Waals surface area contributed by atoms with E-state index in [1.807, 2.05) is 13.0 Å². The van der Waals surface area contributed by atoms with Gasteiger partial charge in [-0.05, 0) is 20.8 Å². The van der Waals surface area contributed by atoms with E-state index in [0.717, 1.165) is 19.6 Å². The van der Waals surface area contributed by atoms with Gasteiger partial charge in [0.25, 0.3) is 0 Å².